The second-order valence-electron chi connectivity index (χ2n) is 3.92. The highest BCUT2D eigenvalue weighted by molar-refractivity contribution is 5.79. The first-order valence-corrected chi connectivity index (χ1v) is 6.04. The minimum absolute atomic E-state index is 0.365. The molecule has 0 aliphatic rings. The van der Waals surface area contributed by atoms with Crippen molar-refractivity contribution in [3.05, 3.63) is 0 Å². The molecule has 13 nitrogen and oxygen atoms in total. The predicted molar refractivity (Wildman–Crippen MR) is 72.0 cm³/mol. The molecule has 0 heterocycles. The van der Waals surface area contributed by atoms with Crippen molar-refractivity contribution in [1.82, 2.24) is 0 Å². The number of aliphatic hydroxyl groups is 5. The van der Waals surface area contributed by atoms with Crippen molar-refractivity contribution < 1.29 is 65.1 Å². The van der Waals surface area contributed by atoms with Crippen molar-refractivity contribution in [1.29, 1.82) is 0 Å². The van der Waals surface area contributed by atoms with E-state index in [1.807, 2.05) is 0 Å². The van der Waals surface area contributed by atoms with Gasteiger partial charge in [-0.15, -0.1) is 0 Å². The van der Waals surface area contributed by atoms with E-state index in [1.165, 1.54) is 0 Å². The zero-order chi connectivity index (χ0) is 19.9. The monoisotopic (exact) mass is 360 g/mol. The molecule has 142 valence electrons. The summed E-state index contributed by atoms with van der Waals surface area (Å²) < 4.78 is 0. The molecule has 0 saturated heterocycles. The first-order chi connectivity index (χ1) is 10.9. The van der Waals surface area contributed by atoms with Gasteiger partial charge < -0.3 is 46.0 Å². The third-order valence-corrected chi connectivity index (χ3v) is 1.73. The van der Waals surface area contributed by atoms with Crippen LogP contribution in [-0.2, 0) is 19.2 Å². The lowest BCUT2D eigenvalue weighted by molar-refractivity contribution is -0.153. The fraction of sp³-hybridized carbons (Fsp3) is 0.636. The van der Waals surface area contributed by atoms with Crippen molar-refractivity contribution in [3.63, 3.8) is 0 Å². The molecule has 0 spiro atoms. The van der Waals surface area contributed by atoms with Crippen molar-refractivity contribution in [3.8, 4) is 0 Å². The van der Waals surface area contributed by atoms with Crippen molar-refractivity contribution in [2.75, 3.05) is 13.2 Å². The van der Waals surface area contributed by atoms with Gasteiger partial charge in [0.15, 0.2) is 12.2 Å². The van der Waals surface area contributed by atoms with Gasteiger partial charge in [0.05, 0.1) is 26.1 Å². The number of aliphatic carboxylic acids is 4. The van der Waals surface area contributed by atoms with E-state index in [1.54, 1.807) is 0 Å². The summed E-state index contributed by atoms with van der Waals surface area (Å²) in [4.78, 5) is 38.8. The Balaban J connectivity index is -0.000000282. The number of carboxylic acids is 4. The van der Waals surface area contributed by atoms with Crippen LogP contribution in [-0.4, -0.2) is 101 Å². The third-order valence-electron chi connectivity index (χ3n) is 1.73. The molecule has 0 aromatic rings. The Morgan fingerprint density at radius 2 is 0.875 bits per heavy atom. The average molecular weight is 360 g/mol. The number of carboxylic acid groups (broad SMARTS) is 4. The van der Waals surface area contributed by atoms with E-state index in [-0.39, 0.29) is 13.2 Å². The summed E-state index contributed by atoms with van der Waals surface area (Å²) in [6, 6.07) is 0. The van der Waals surface area contributed by atoms with E-state index in [0.29, 0.717) is 0 Å². The summed E-state index contributed by atoms with van der Waals surface area (Å²) in [5.41, 5.74) is 0. The highest BCUT2D eigenvalue weighted by atomic mass is 16.4. The van der Waals surface area contributed by atoms with Crippen LogP contribution in [0.5, 0.6) is 0 Å². The van der Waals surface area contributed by atoms with Crippen LogP contribution < -0.4 is 0 Å². The van der Waals surface area contributed by atoms with E-state index >= 15 is 0 Å². The summed E-state index contributed by atoms with van der Waals surface area (Å²) in [6.45, 7) is -0.729. The van der Waals surface area contributed by atoms with E-state index in [0.717, 1.165) is 0 Å². The number of hydrogen-bond donors (Lipinski definition) is 9. The van der Waals surface area contributed by atoms with Gasteiger partial charge in [-0.25, -0.2) is 9.59 Å². The highest BCUT2D eigenvalue weighted by Gasteiger charge is 2.16. The van der Waals surface area contributed by atoms with Crippen LogP contribution in [0.4, 0.5) is 0 Å². The number of rotatable bonds is 8. The van der Waals surface area contributed by atoms with Gasteiger partial charge >= 0.3 is 23.9 Å². The minimum atomic E-state index is -1.79. The van der Waals surface area contributed by atoms with Gasteiger partial charge in [0.1, 0.15) is 6.10 Å². The summed E-state index contributed by atoms with van der Waals surface area (Å²) in [7, 11) is 0. The molecule has 13 heteroatoms. The quantitative estimate of drug-likeness (QED) is 0.201. The fourth-order valence-corrected chi connectivity index (χ4v) is 0.563. The molecule has 0 aromatic carbocycles. The van der Waals surface area contributed by atoms with Gasteiger partial charge in [0.2, 0.25) is 0 Å². The largest absolute Gasteiger partial charge is 0.481 e. The van der Waals surface area contributed by atoms with Gasteiger partial charge in [0, 0.05) is 0 Å². The second kappa shape index (κ2) is 15.6. The second-order valence-corrected chi connectivity index (χ2v) is 3.92. The van der Waals surface area contributed by atoms with E-state index in [9.17, 15) is 19.2 Å². The molecule has 0 amide bonds. The van der Waals surface area contributed by atoms with Gasteiger partial charge in [-0.05, 0) is 0 Å². The zero-order valence-corrected chi connectivity index (χ0v) is 12.2. The molecule has 9 N–H and O–H groups in total. The van der Waals surface area contributed by atoms with Crippen molar-refractivity contribution >= 4 is 23.9 Å². The van der Waals surface area contributed by atoms with Crippen LogP contribution in [0.3, 0.4) is 0 Å². The standard InChI is InChI=1S/2C4H6O5.C3H8O3/c2*5-2(4(8)9)1-3(6)7;4-1-3(6)2-5/h2*2,5H,1H2,(H,6,7)(H,8,9);3-6H,1-2H2. The summed E-state index contributed by atoms with van der Waals surface area (Å²) >= 11 is 0. The zero-order valence-electron chi connectivity index (χ0n) is 12.2. The molecular weight excluding hydrogens is 340 g/mol. The molecule has 0 fully saturated rings. The fourth-order valence-electron chi connectivity index (χ4n) is 0.563. The van der Waals surface area contributed by atoms with E-state index in [4.69, 9.17) is 46.0 Å². The van der Waals surface area contributed by atoms with Gasteiger partial charge in [0.25, 0.3) is 0 Å². The number of carbonyl (C=O) groups is 4. The normalized spacial score (nSPS) is 11.9. The van der Waals surface area contributed by atoms with E-state index in [2.05, 4.69) is 0 Å². The Kier molecular flexibility index (Phi) is 17.2. The summed E-state index contributed by atoms with van der Waals surface area (Å²) in [5, 5.41) is 72.3. The van der Waals surface area contributed by atoms with Crippen LogP contribution in [0.2, 0.25) is 0 Å². The van der Waals surface area contributed by atoms with Crippen molar-refractivity contribution in [2.24, 2.45) is 0 Å². The summed E-state index contributed by atoms with van der Waals surface area (Å²) in [6.07, 6.45) is -6.04. The number of aliphatic hydroxyl groups excluding tert-OH is 5. The molecule has 2 atom stereocenters. The van der Waals surface area contributed by atoms with Crippen LogP contribution in [0.15, 0.2) is 0 Å². The molecule has 0 saturated carbocycles. The van der Waals surface area contributed by atoms with Gasteiger partial charge in [-0.2, -0.15) is 0 Å². The van der Waals surface area contributed by atoms with E-state index < -0.39 is 55.0 Å². The molecule has 24 heavy (non-hydrogen) atoms. The van der Waals surface area contributed by atoms with Crippen LogP contribution in [0.25, 0.3) is 0 Å². The molecule has 0 rings (SSSR count). The molecule has 0 aliphatic heterocycles. The molecule has 0 aromatic heterocycles. The Morgan fingerprint density at radius 3 is 0.917 bits per heavy atom. The Bertz CT molecular complexity index is 357. The van der Waals surface area contributed by atoms with Crippen LogP contribution in [0.1, 0.15) is 12.8 Å². The molecular formula is C11H20O13. The Morgan fingerprint density at radius 1 is 0.625 bits per heavy atom. The lowest BCUT2D eigenvalue weighted by Gasteiger charge is -1.97. The van der Waals surface area contributed by atoms with Crippen LogP contribution in [0, 0.1) is 0 Å². The maximum Gasteiger partial charge on any atom is 0.333 e. The Hall–Kier alpha value is -2.32. The van der Waals surface area contributed by atoms with Crippen LogP contribution >= 0.6 is 0 Å². The van der Waals surface area contributed by atoms with Gasteiger partial charge in [-0.3, -0.25) is 9.59 Å². The first kappa shape index (κ1) is 26.6. The predicted octanol–water partition coefficient (Wildman–Crippen LogP) is -3.85. The SMILES string of the molecule is O=C(O)CC(O)C(=O)O.O=C(O)CC(O)C(=O)O.OCC(O)CO. The molecule has 0 radical (unpaired) electrons. The van der Waals surface area contributed by atoms with Crippen molar-refractivity contribution in [2.45, 2.75) is 31.2 Å². The topological polar surface area (TPSA) is 250 Å². The lowest BCUT2D eigenvalue weighted by atomic mass is 10.3. The average Bonchev–Trinajstić information content (AvgIpc) is 2.46. The highest BCUT2D eigenvalue weighted by Crippen LogP contribution is 1.90. The smallest absolute Gasteiger partial charge is 0.333 e. The number of hydrogen-bond acceptors (Lipinski definition) is 9. The molecule has 2 unspecified atom stereocenters. The maximum atomic E-state index is 9.72. The molecule has 0 bridgehead atoms. The lowest BCUT2D eigenvalue weighted by Crippen LogP contribution is -2.22. The minimum Gasteiger partial charge on any atom is -0.481 e. The summed E-state index contributed by atoms with van der Waals surface area (Å²) in [5.74, 6) is -5.69. The third kappa shape index (κ3) is 22.0. The maximum absolute atomic E-state index is 9.72. The van der Waals surface area contributed by atoms with Gasteiger partial charge in [-0.1, -0.05) is 0 Å². The Labute approximate surface area is 134 Å². The first-order valence-electron chi connectivity index (χ1n) is 6.04. The molecule has 0 aliphatic carbocycles.